The maximum Gasteiger partial charge on any atom is 0.425 e. The van der Waals surface area contributed by atoms with Gasteiger partial charge in [0.25, 0.3) is 0 Å². The first kappa shape index (κ1) is 18.0. The molecule has 0 saturated heterocycles. The van der Waals surface area contributed by atoms with Crippen LogP contribution in [0.25, 0.3) is 0 Å². The van der Waals surface area contributed by atoms with Gasteiger partial charge in [0, 0.05) is 26.0 Å². The summed E-state index contributed by atoms with van der Waals surface area (Å²) in [6, 6.07) is 0. The van der Waals surface area contributed by atoms with Gasteiger partial charge in [-0.1, -0.05) is 0 Å². The minimum absolute atomic E-state index is 0.185. The highest BCUT2D eigenvalue weighted by molar-refractivity contribution is 5.78. The number of amides is 1. The Morgan fingerprint density at radius 3 is 2.55 bits per heavy atom. The predicted octanol–water partition coefficient (Wildman–Crippen LogP) is 0.239. The average Bonchev–Trinajstić information content (AvgIpc) is 2.83. The average molecular weight is 323 g/mol. The molecule has 0 aliphatic carbocycles. The molecule has 0 fully saturated rings. The predicted molar refractivity (Wildman–Crippen MR) is 67.4 cm³/mol. The van der Waals surface area contributed by atoms with Crippen LogP contribution in [0.1, 0.15) is 18.7 Å². The van der Waals surface area contributed by atoms with E-state index in [0.717, 1.165) is 17.9 Å². The van der Waals surface area contributed by atoms with Gasteiger partial charge in [-0.2, -0.15) is 13.2 Å². The number of nitrogens with one attached hydrogen (secondary N) is 1. The van der Waals surface area contributed by atoms with E-state index in [4.69, 9.17) is 0 Å². The van der Waals surface area contributed by atoms with E-state index in [1.54, 1.807) is 0 Å². The van der Waals surface area contributed by atoms with Crippen LogP contribution in [0.4, 0.5) is 13.2 Å². The molecule has 0 radical (unpaired) electrons. The molecule has 1 aromatic rings. The fourth-order valence-corrected chi connectivity index (χ4v) is 1.77. The quantitative estimate of drug-likeness (QED) is 0.732. The second-order valence-electron chi connectivity index (χ2n) is 4.57. The molecule has 1 heterocycles. The Morgan fingerprint density at radius 1 is 1.45 bits per heavy atom. The number of ether oxygens (including phenoxy) is 1. The lowest BCUT2D eigenvalue weighted by atomic mass is 9.97. The first-order valence-electron chi connectivity index (χ1n) is 6.22. The number of hydrogen-bond donors (Lipinski definition) is 2. The van der Waals surface area contributed by atoms with Gasteiger partial charge in [0.15, 0.2) is 5.82 Å². The molecule has 1 rings (SSSR count). The Balaban J connectivity index is 2.82. The Morgan fingerprint density at radius 2 is 2.09 bits per heavy atom. The summed E-state index contributed by atoms with van der Waals surface area (Å²) in [4.78, 5) is 25.9. The zero-order chi connectivity index (χ0) is 17.0. The molecule has 10 heteroatoms. The Labute approximate surface area is 124 Å². The van der Waals surface area contributed by atoms with Crippen LogP contribution in [-0.2, 0) is 27.0 Å². The van der Waals surface area contributed by atoms with E-state index in [0.29, 0.717) is 0 Å². The third-order valence-electron chi connectivity index (χ3n) is 2.96. The zero-order valence-electron chi connectivity index (χ0n) is 12.0. The second-order valence-corrected chi connectivity index (χ2v) is 4.57. The van der Waals surface area contributed by atoms with Crippen molar-refractivity contribution in [2.45, 2.75) is 24.6 Å². The van der Waals surface area contributed by atoms with Crippen molar-refractivity contribution in [1.29, 1.82) is 0 Å². The fraction of sp³-hybridized carbons (Fsp3) is 0.583. The van der Waals surface area contributed by atoms with Crippen molar-refractivity contribution in [3.8, 4) is 0 Å². The molecule has 22 heavy (non-hydrogen) atoms. The summed E-state index contributed by atoms with van der Waals surface area (Å²) >= 11 is 0. The molecule has 0 spiro atoms. The van der Waals surface area contributed by atoms with Gasteiger partial charge < -0.3 is 19.7 Å². The summed E-state index contributed by atoms with van der Waals surface area (Å²) in [6.45, 7) is -0.194. The number of halogens is 3. The van der Waals surface area contributed by atoms with Gasteiger partial charge in [-0.05, 0) is 0 Å². The summed E-state index contributed by atoms with van der Waals surface area (Å²) < 4.78 is 44.8. The number of alkyl halides is 3. The lowest BCUT2D eigenvalue weighted by Gasteiger charge is -2.29. The Kier molecular flexibility index (Phi) is 5.53. The monoisotopic (exact) mass is 323 g/mol. The number of carbonyl (C=O) groups is 2. The maximum absolute atomic E-state index is 13.2. The number of rotatable bonds is 6. The third-order valence-corrected chi connectivity index (χ3v) is 2.96. The number of imidazole rings is 1. The van der Waals surface area contributed by atoms with E-state index >= 15 is 0 Å². The molecule has 1 unspecified atom stereocenters. The largest absolute Gasteiger partial charge is 0.469 e. The number of esters is 1. The van der Waals surface area contributed by atoms with Crippen molar-refractivity contribution in [2.24, 2.45) is 7.05 Å². The van der Waals surface area contributed by atoms with E-state index in [1.807, 2.05) is 0 Å². The van der Waals surface area contributed by atoms with Crippen LogP contribution in [0.15, 0.2) is 12.4 Å². The van der Waals surface area contributed by atoms with Crippen LogP contribution in [0.3, 0.4) is 0 Å². The van der Waals surface area contributed by atoms with E-state index in [2.05, 4.69) is 15.0 Å². The van der Waals surface area contributed by atoms with Gasteiger partial charge in [0.05, 0.1) is 20.0 Å². The van der Waals surface area contributed by atoms with E-state index in [-0.39, 0.29) is 13.0 Å². The lowest BCUT2D eigenvalue weighted by molar-refractivity contribution is -0.271. The van der Waals surface area contributed by atoms with Gasteiger partial charge in [0.2, 0.25) is 11.5 Å². The molecule has 0 saturated carbocycles. The van der Waals surface area contributed by atoms with E-state index in [1.165, 1.54) is 13.2 Å². The Hall–Kier alpha value is -2.10. The molecule has 1 atom stereocenters. The highest BCUT2D eigenvalue weighted by Crippen LogP contribution is 2.40. The van der Waals surface area contributed by atoms with Crippen molar-refractivity contribution in [2.75, 3.05) is 13.7 Å². The maximum atomic E-state index is 13.2. The number of aryl methyl sites for hydroxylation is 1. The molecule has 0 aliphatic rings. The zero-order valence-corrected chi connectivity index (χ0v) is 12.0. The van der Waals surface area contributed by atoms with Gasteiger partial charge in [-0.3, -0.25) is 9.59 Å². The van der Waals surface area contributed by atoms with Crippen molar-refractivity contribution < 1.29 is 32.6 Å². The molecule has 0 bridgehead atoms. The number of methoxy groups -OCH3 is 1. The molecule has 2 N–H and O–H groups in total. The molecular weight excluding hydrogens is 307 g/mol. The normalized spacial score (nSPS) is 14.3. The number of hydrogen-bond acceptors (Lipinski definition) is 5. The van der Waals surface area contributed by atoms with Crippen LogP contribution in [0.5, 0.6) is 0 Å². The van der Waals surface area contributed by atoms with Crippen LogP contribution in [0.2, 0.25) is 0 Å². The number of aromatic nitrogens is 2. The van der Waals surface area contributed by atoms with Crippen molar-refractivity contribution in [3.63, 3.8) is 0 Å². The molecule has 1 aromatic heterocycles. The molecule has 0 aliphatic heterocycles. The summed E-state index contributed by atoms with van der Waals surface area (Å²) in [5, 5.41) is 12.1. The topological polar surface area (TPSA) is 93.4 Å². The first-order chi connectivity index (χ1) is 10.1. The minimum Gasteiger partial charge on any atom is -0.469 e. The summed E-state index contributed by atoms with van der Waals surface area (Å²) in [7, 11) is 2.42. The molecule has 7 nitrogen and oxygen atoms in total. The molecule has 0 aromatic carbocycles. The van der Waals surface area contributed by atoms with Crippen molar-refractivity contribution in [3.05, 3.63) is 18.2 Å². The second kappa shape index (κ2) is 6.77. The number of aliphatic hydroxyl groups is 1. The highest BCUT2D eigenvalue weighted by atomic mass is 19.4. The first-order valence-corrected chi connectivity index (χ1v) is 6.22. The number of carbonyl (C=O) groups excluding carboxylic acids is 2. The Bertz CT molecular complexity index is 544. The van der Waals surface area contributed by atoms with Crippen LogP contribution in [0, 0.1) is 0 Å². The third kappa shape index (κ3) is 3.97. The van der Waals surface area contributed by atoms with Crippen LogP contribution in [-0.4, -0.2) is 46.4 Å². The highest BCUT2D eigenvalue weighted by Gasteiger charge is 2.58. The van der Waals surface area contributed by atoms with Gasteiger partial charge >= 0.3 is 12.1 Å². The summed E-state index contributed by atoms with van der Waals surface area (Å²) in [5.41, 5.74) is -3.42. The van der Waals surface area contributed by atoms with Crippen molar-refractivity contribution >= 4 is 11.9 Å². The molecule has 124 valence electrons. The van der Waals surface area contributed by atoms with E-state index in [9.17, 15) is 27.9 Å². The van der Waals surface area contributed by atoms with Crippen molar-refractivity contribution in [1.82, 2.24) is 14.9 Å². The van der Waals surface area contributed by atoms with E-state index < -0.39 is 35.9 Å². The lowest BCUT2D eigenvalue weighted by Crippen LogP contribution is -2.48. The SMILES string of the molecule is COC(=O)CCNC(=O)CC(O)(c1nccn1C)C(F)(F)F. The number of nitrogens with zero attached hydrogens (tertiary/aromatic N) is 2. The standard InChI is InChI=1S/C12H16F3N3O4/c1-18-6-5-17-10(18)11(21,12(13,14)15)7-8(19)16-4-3-9(20)22-2/h5-6,21H,3-4,7H2,1-2H3,(H,16,19). The molecular formula is C12H16F3N3O4. The minimum atomic E-state index is -5.09. The summed E-state index contributed by atoms with van der Waals surface area (Å²) in [5.74, 6) is -2.37. The fourth-order valence-electron chi connectivity index (χ4n) is 1.77. The van der Waals surface area contributed by atoms with Gasteiger partial charge in [-0.15, -0.1) is 0 Å². The van der Waals surface area contributed by atoms with Crippen LogP contribution >= 0.6 is 0 Å². The summed E-state index contributed by atoms with van der Waals surface area (Å²) in [6.07, 6.45) is -4.23. The van der Waals surface area contributed by atoms with Gasteiger partial charge in [-0.25, -0.2) is 4.98 Å². The smallest absolute Gasteiger partial charge is 0.425 e. The van der Waals surface area contributed by atoms with Crippen LogP contribution < -0.4 is 5.32 Å². The van der Waals surface area contributed by atoms with Gasteiger partial charge in [0.1, 0.15) is 0 Å². The molecule has 1 amide bonds.